The van der Waals surface area contributed by atoms with Gasteiger partial charge >= 0.3 is 6.18 Å². The zero-order valence-corrected chi connectivity index (χ0v) is 12.8. The van der Waals surface area contributed by atoms with Crippen LogP contribution in [0.15, 0.2) is 5.38 Å². The van der Waals surface area contributed by atoms with Crippen molar-refractivity contribution in [3.8, 4) is 10.8 Å². The lowest BCUT2D eigenvalue weighted by atomic mass is 10.2. The first-order valence-electron chi connectivity index (χ1n) is 6.81. The highest BCUT2D eigenvalue weighted by molar-refractivity contribution is 7.13. The molecule has 3 rings (SSSR count). The summed E-state index contributed by atoms with van der Waals surface area (Å²) in [4.78, 5) is 14.9. The number of nitrogens with two attached hydrogens (primary N) is 1. The molecule has 1 saturated carbocycles. The predicted molar refractivity (Wildman–Crippen MR) is 76.6 cm³/mol. The maximum Gasteiger partial charge on any atom is 0.434 e. The summed E-state index contributed by atoms with van der Waals surface area (Å²) in [5.74, 6) is -3.20. The van der Waals surface area contributed by atoms with Crippen molar-refractivity contribution < 1.29 is 22.0 Å². The number of thiazole rings is 1. The average molecular weight is 366 g/mol. The van der Waals surface area contributed by atoms with Crippen LogP contribution in [0.4, 0.5) is 33.8 Å². The van der Waals surface area contributed by atoms with Gasteiger partial charge in [0, 0.05) is 24.3 Å². The maximum atomic E-state index is 13.2. The first-order chi connectivity index (χ1) is 11.1. The van der Waals surface area contributed by atoms with E-state index >= 15 is 0 Å². The van der Waals surface area contributed by atoms with Crippen molar-refractivity contribution in [3.63, 3.8) is 0 Å². The lowest BCUT2D eigenvalue weighted by molar-refractivity contribution is -0.140. The Balaban J connectivity index is 1.83. The van der Waals surface area contributed by atoms with Crippen LogP contribution >= 0.6 is 11.3 Å². The molecule has 1 aliphatic rings. The van der Waals surface area contributed by atoms with E-state index in [1.807, 2.05) is 0 Å². The second-order valence-corrected chi connectivity index (χ2v) is 6.17. The van der Waals surface area contributed by atoms with Gasteiger partial charge in [-0.25, -0.2) is 13.8 Å². The molecule has 12 heteroatoms. The van der Waals surface area contributed by atoms with Gasteiger partial charge in [0.25, 0.3) is 0 Å². The minimum absolute atomic E-state index is 0.0658. The van der Waals surface area contributed by atoms with E-state index in [4.69, 9.17) is 5.73 Å². The molecule has 2 aromatic rings. The van der Waals surface area contributed by atoms with E-state index in [0.29, 0.717) is 11.3 Å². The fourth-order valence-electron chi connectivity index (χ4n) is 2.31. The maximum absolute atomic E-state index is 13.2. The number of nitrogens with one attached hydrogen (secondary N) is 1. The van der Waals surface area contributed by atoms with Crippen LogP contribution in [-0.4, -0.2) is 31.9 Å². The van der Waals surface area contributed by atoms with E-state index in [0.717, 1.165) is 5.38 Å². The fourth-order valence-corrected chi connectivity index (χ4v) is 3.07. The summed E-state index contributed by atoms with van der Waals surface area (Å²) in [5, 5.41) is 3.46. The third-order valence-corrected chi connectivity index (χ3v) is 4.21. The number of hydrogen-bond donors (Lipinski definition) is 2. The third-order valence-electron chi connectivity index (χ3n) is 3.38. The highest BCUT2D eigenvalue weighted by Crippen LogP contribution is 2.36. The van der Waals surface area contributed by atoms with Crippen LogP contribution in [0, 0.1) is 0 Å². The largest absolute Gasteiger partial charge is 0.434 e. The second-order valence-electron chi connectivity index (χ2n) is 5.32. The van der Waals surface area contributed by atoms with E-state index in [9.17, 15) is 22.0 Å². The van der Waals surface area contributed by atoms with Gasteiger partial charge in [0.1, 0.15) is 0 Å². The number of nitrogen functional groups attached to an aromatic ring is 1. The van der Waals surface area contributed by atoms with Gasteiger partial charge in [0.2, 0.25) is 17.8 Å². The van der Waals surface area contributed by atoms with Gasteiger partial charge in [-0.15, -0.1) is 11.3 Å². The van der Waals surface area contributed by atoms with Gasteiger partial charge in [-0.3, -0.25) is 0 Å². The second kappa shape index (κ2) is 5.76. The Labute approximate surface area is 136 Å². The lowest BCUT2D eigenvalue weighted by Crippen LogP contribution is -2.21. The molecule has 1 atom stereocenters. The number of nitrogens with zero attached hydrogens (tertiary/aromatic N) is 4. The summed E-state index contributed by atoms with van der Waals surface area (Å²) in [6.45, 7) is 0. The molecule has 1 fully saturated rings. The number of hydrogen-bond acceptors (Lipinski definition) is 7. The molecule has 1 aliphatic carbocycles. The van der Waals surface area contributed by atoms with Crippen molar-refractivity contribution in [3.05, 3.63) is 11.1 Å². The van der Waals surface area contributed by atoms with Gasteiger partial charge in [-0.05, 0) is 6.42 Å². The number of alkyl halides is 5. The van der Waals surface area contributed by atoms with Gasteiger partial charge in [0.05, 0.1) is 0 Å². The van der Waals surface area contributed by atoms with Gasteiger partial charge < -0.3 is 11.1 Å². The molecular formula is C12H11F5N6S. The van der Waals surface area contributed by atoms with E-state index in [1.54, 1.807) is 0 Å². The molecule has 130 valence electrons. The normalized spacial score (nSPS) is 20.3. The summed E-state index contributed by atoms with van der Waals surface area (Å²) >= 11 is 0.702. The standard InChI is InChI=1S/C12H11F5N6S/c13-11(14)2-1-5(3-11)19-10-22-7(21-9(18)23-10)8-20-6(4-24-8)12(15,16)17/h4-5H,1-3H2,(H3,18,19,21,22,23). The minimum atomic E-state index is -4.58. The Morgan fingerprint density at radius 1 is 1.21 bits per heavy atom. The number of rotatable bonds is 3. The predicted octanol–water partition coefficient (Wildman–Crippen LogP) is 3.20. The zero-order chi connectivity index (χ0) is 17.5. The Morgan fingerprint density at radius 2 is 1.96 bits per heavy atom. The molecule has 6 nitrogen and oxygen atoms in total. The number of halogens is 5. The molecule has 2 aromatic heterocycles. The molecule has 2 heterocycles. The number of anilines is 2. The highest BCUT2D eigenvalue weighted by Gasteiger charge is 2.39. The summed E-state index contributed by atoms with van der Waals surface area (Å²) in [6, 6.07) is -0.545. The van der Waals surface area contributed by atoms with Crippen molar-refractivity contribution in [1.29, 1.82) is 0 Å². The minimum Gasteiger partial charge on any atom is -0.368 e. The summed E-state index contributed by atoms with van der Waals surface area (Å²) in [5.41, 5.74) is 4.46. The summed E-state index contributed by atoms with van der Waals surface area (Å²) in [7, 11) is 0. The topological polar surface area (TPSA) is 89.6 Å². The molecule has 0 aliphatic heterocycles. The molecule has 3 N–H and O–H groups in total. The van der Waals surface area contributed by atoms with Crippen molar-refractivity contribution in [2.24, 2.45) is 0 Å². The molecular weight excluding hydrogens is 355 g/mol. The molecule has 0 saturated heterocycles. The first kappa shape index (κ1) is 16.7. The highest BCUT2D eigenvalue weighted by atomic mass is 32.1. The Kier molecular flexibility index (Phi) is 4.01. The van der Waals surface area contributed by atoms with E-state index in [2.05, 4.69) is 25.3 Å². The summed E-state index contributed by atoms with van der Waals surface area (Å²) in [6.07, 6.45) is -4.98. The molecule has 0 bridgehead atoms. The van der Waals surface area contributed by atoms with Crippen molar-refractivity contribution in [2.75, 3.05) is 11.1 Å². The fraction of sp³-hybridized carbons (Fsp3) is 0.500. The lowest BCUT2D eigenvalue weighted by Gasteiger charge is -2.13. The molecule has 24 heavy (non-hydrogen) atoms. The average Bonchev–Trinajstić information content (AvgIpc) is 3.04. The summed E-state index contributed by atoms with van der Waals surface area (Å²) < 4.78 is 64.2. The molecule has 0 amide bonds. The van der Waals surface area contributed by atoms with Crippen molar-refractivity contribution in [1.82, 2.24) is 19.9 Å². The SMILES string of the molecule is Nc1nc(NC2CCC(F)(F)C2)nc(-c2nc(C(F)(F)F)cs2)n1. The molecule has 0 radical (unpaired) electrons. The Morgan fingerprint density at radius 3 is 2.54 bits per heavy atom. The van der Waals surface area contributed by atoms with E-state index in [-0.39, 0.29) is 42.0 Å². The van der Waals surface area contributed by atoms with Gasteiger partial charge in [-0.1, -0.05) is 0 Å². The van der Waals surface area contributed by atoms with Crippen LogP contribution in [-0.2, 0) is 6.18 Å². The third kappa shape index (κ3) is 3.68. The van der Waals surface area contributed by atoms with Gasteiger partial charge in [0.15, 0.2) is 16.5 Å². The van der Waals surface area contributed by atoms with Crippen LogP contribution in [0.25, 0.3) is 10.8 Å². The van der Waals surface area contributed by atoms with Crippen molar-refractivity contribution >= 4 is 23.2 Å². The molecule has 0 spiro atoms. The van der Waals surface area contributed by atoms with E-state index < -0.39 is 23.8 Å². The Bertz CT molecular complexity index is 746. The first-order valence-corrected chi connectivity index (χ1v) is 7.69. The Hall–Kier alpha value is -2.11. The van der Waals surface area contributed by atoms with Crippen LogP contribution in [0.2, 0.25) is 0 Å². The zero-order valence-electron chi connectivity index (χ0n) is 11.9. The number of aromatic nitrogens is 4. The van der Waals surface area contributed by atoms with Crippen LogP contribution in [0.3, 0.4) is 0 Å². The van der Waals surface area contributed by atoms with Crippen LogP contribution in [0.5, 0.6) is 0 Å². The van der Waals surface area contributed by atoms with Crippen LogP contribution < -0.4 is 11.1 Å². The van der Waals surface area contributed by atoms with Crippen LogP contribution in [0.1, 0.15) is 25.0 Å². The van der Waals surface area contributed by atoms with Crippen molar-refractivity contribution in [2.45, 2.75) is 37.4 Å². The molecule has 0 aromatic carbocycles. The molecule has 1 unspecified atom stereocenters. The smallest absolute Gasteiger partial charge is 0.368 e. The monoisotopic (exact) mass is 366 g/mol. The van der Waals surface area contributed by atoms with Gasteiger partial charge in [-0.2, -0.15) is 28.1 Å². The van der Waals surface area contributed by atoms with E-state index in [1.165, 1.54) is 0 Å². The quantitative estimate of drug-likeness (QED) is 0.811.